The monoisotopic (exact) mass is 402 g/mol. The van der Waals surface area contributed by atoms with E-state index in [4.69, 9.17) is 9.98 Å². The van der Waals surface area contributed by atoms with Gasteiger partial charge in [-0.05, 0) is 31.4 Å². The van der Waals surface area contributed by atoms with E-state index in [1.54, 1.807) is 16.8 Å². The molecule has 0 bridgehead atoms. The van der Waals surface area contributed by atoms with Crippen molar-refractivity contribution in [1.29, 1.82) is 0 Å². The van der Waals surface area contributed by atoms with E-state index in [0.29, 0.717) is 28.3 Å². The standard InChI is InChI=1S/C22H22N6O2/c1-13(14-5-3-2-4-6-14)24-18-11-19(25-17-7-8-17)28-21(26-18)16(12-23-28)9-15-10-20(29)27-22(15)30/h2-6,9-13,17,24,27,29-30H,7-8H2,1H3. The van der Waals surface area contributed by atoms with Crippen molar-refractivity contribution in [2.45, 2.75) is 31.8 Å². The third kappa shape index (κ3) is 3.59. The highest BCUT2D eigenvalue weighted by Gasteiger charge is 2.20. The summed E-state index contributed by atoms with van der Waals surface area (Å²) >= 11 is 0. The number of benzene rings is 1. The Labute approximate surface area is 172 Å². The molecule has 1 aromatic carbocycles. The minimum atomic E-state index is -0.110. The second kappa shape index (κ2) is 7.22. The lowest BCUT2D eigenvalue weighted by atomic mass is 10.1. The van der Waals surface area contributed by atoms with Crippen LogP contribution in [0.25, 0.3) is 11.7 Å². The van der Waals surface area contributed by atoms with E-state index in [0.717, 1.165) is 23.9 Å². The Hall–Kier alpha value is -3.81. The highest BCUT2D eigenvalue weighted by atomic mass is 16.3. The number of fused-ring (bicyclic) bond motifs is 1. The molecule has 1 aliphatic carbocycles. The molecule has 4 aromatic rings. The lowest BCUT2D eigenvalue weighted by Gasteiger charge is -2.15. The molecule has 0 aliphatic heterocycles. The summed E-state index contributed by atoms with van der Waals surface area (Å²) in [4.78, 5) is 12.0. The molecule has 1 unspecified atom stereocenters. The van der Waals surface area contributed by atoms with E-state index in [-0.39, 0.29) is 17.8 Å². The minimum absolute atomic E-state index is 0.0657. The Morgan fingerprint density at radius 2 is 2.03 bits per heavy atom. The number of H-pyrrole nitrogens is 1. The minimum Gasteiger partial charge on any atom is -0.494 e. The number of anilines is 1. The maximum Gasteiger partial charge on any atom is 0.198 e. The van der Waals surface area contributed by atoms with Crippen LogP contribution in [0.2, 0.25) is 0 Å². The lowest BCUT2D eigenvalue weighted by molar-refractivity contribution is 0.425. The number of nitrogens with zero attached hydrogens (tertiary/aromatic N) is 4. The normalized spacial score (nSPS) is 16.3. The first-order valence-corrected chi connectivity index (χ1v) is 9.93. The average Bonchev–Trinajstić information content (AvgIpc) is 3.37. The molecule has 1 aliphatic rings. The fourth-order valence-electron chi connectivity index (χ4n) is 3.39. The van der Waals surface area contributed by atoms with Crippen LogP contribution >= 0.6 is 0 Å². The number of aromatic hydroxyl groups is 2. The maximum absolute atomic E-state index is 9.96. The van der Waals surface area contributed by atoms with E-state index < -0.39 is 0 Å². The molecule has 4 N–H and O–H groups in total. The van der Waals surface area contributed by atoms with Crippen LogP contribution < -0.4 is 16.0 Å². The molecule has 1 fully saturated rings. The Kier molecular flexibility index (Phi) is 4.39. The first-order chi connectivity index (χ1) is 14.6. The fraction of sp³-hybridized carbons (Fsp3) is 0.227. The van der Waals surface area contributed by atoms with Gasteiger partial charge in [-0.15, -0.1) is 0 Å². The van der Waals surface area contributed by atoms with Crippen molar-refractivity contribution < 1.29 is 10.2 Å². The lowest BCUT2D eigenvalue weighted by Crippen LogP contribution is -2.21. The topological polar surface area (TPSA) is 111 Å². The fourth-order valence-corrected chi connectivity index (χ4v) is 3.39. The number of nitrogens with one attached hydrogen (secondary N) is 2. The summed E-state index contributed by atoms with van der Waals surface area (Å²) in [6, 6.07) is 13.9. The number of rotatable bonds is 5. The van der Waals surface area contributed by atoms with Crippen LogP contribution in [-0.2, 0) is 0 Å². The van der Waals surface area contributed by atoms with Gasteiger partial charge in [0.1, 0.15) is 5.82 Å². The Bertz CT molecular complexity index is 1320. The first kappa shape index (κ1) is 18.2. The number of aromatic amines is 1. The molecule has 3 aromatic heterocycles. The zero-order valence-electron chi connectivity index (χ0n) is 16.4. The summed E-state index contributed by atoms with van der Waals surface area (Å²) in [5.41, 5.74) is 2.99. The number of hydrogen-bond donors (Lipinski definition) is 4. The van der Waals surface area contributed by atoms with Gasteiger partial charge in [0.2, 0.25) is 0 Å². The van der Waals surface area contributed by atoms with Crippen LogP contribution in [-0.4, -0.2) is 35.8 Å². The van der Waals surface area contributed by atoms with Gasteiger partial charge in [0.05, 0.1) is 12.2 Å². The molecular formula is C22H22N6O2. The molecule has 1 saturated carbocycles. The van der Waals surface area contributed by atoms with Crippen LogP contribution in [0.15, 0.2) is 53.7 Å². The predicted molar refractivity (Wildman–Crippen MR) is 113 cm³/mol. The Morgan fingerprint density at radius 3 is 2.73 bits per heavy atom. The highest BCUT2D eigenvalue weighted by Crippen LogP contribution is 2.23. The van der Waals surface area contributed by atoms with Gasteiger partial charge in [0, 0.05) is 29.0 Å². The third-order valence-electron chi connectivity index (χ3n) is 5.13. The van der Waals surface area contributed by atoms with Gasteiger partial charge in [-0.2, -0.15) is 9.61 Å². The molecular weight excluding hydrogens is 380 g/mol. The van der Waals surface area contributed by atoms with E-state index >= 15 is 0 Å². The molecule has 5 rings (SSSR count). The van der Waals surface area contributed by atoms with Gasteiger partial charge in [-0.25, -0.2) is 4.98 Å². The third-order valence-corrected chi connectivity index (χ3v) is 5.13. The maximum atomic E-state index is 9.96. The van der Waals surface area contributed by atoms with Crippen LogP contribution in [0.4, 0.5) is 5.82 Å². The van der Waals surface area contributed by atoms with Gasteiger partial charge >= 0.3 is 0 Å². The number of aromatic nitrogens is 4. The molecule has 8 nitrogen and oxygen atoms in total. The van der Waals surface area contributed by atoms with Crippen LogP contribution in [0, 0.1) is 0 Å². The van der Waals surface area contributed by atoms with Crippen LogP contribution in [0.5, 0.6) is 11.8 Å². The smallest absolute Gasteiger partial charge is 0.198 e. The Balaban J connectivity index is 1.62. The van der Waals surface area contributed by atoms with Crippen molar-refractivity contribution >= 4 is 17.5 Å². The second-order valence-corrected chi connectivity index (χ2v) is 7.57. The summed E-state index contributed by atoms with van der Waals surface area (Å²) in [7, 11) is 0. The SMILES string of the molecule is CC(Nc1cc(=NC2CC2)n2ncc(=Cc3cc(O)[nH]c3O)c2n1)c1ccccc1. The van der Waals surface area contributed by atoms with Gasteiger partial charge in [0.25, 0.3) is 0 Å². The summed E-state index contributed by atoms with van der Waals surface area (Å²) < 4.78 is 1.71. The zero-order valence-corrected chi connectivity index (χ0v) is 16.4. The molecule has 8 heteroatoms. The quantitative estimate of drug-likeness (QED) is 0.409. The molecule has 0 radical (unpaired) electrons. The largest absolute Gasteiger partial charge is 0.494 e. The van der Waals surface area contributed by atoms with Crippen molar-refractivity contribution in [3.8, 4) is 11.8 Å². The molecule has 152 valence electrons. The highest BCUT2D eigenvalue weighted by molar-refractivity contribution is 5.62. The van der Waals surface area contributed by atoms with E-state index in [1.165, 1.54) is 6.07 Å². The van der Waals surface area contributed by atoms with Gasteiger partial charge in [0.15, 0.2) is 22.9 Å². The van der Waals surface area contributed by atoms with Gasteiger partial charge < -0.3 is 15.5 Å². The summed E-state index contributed by atoms with van der Waals surface area (Å²) in [5, 5.41) is 28.2. The molecule has 3 heterocycles. The van der Waals surface area contributed by atoms with Crippen molar-refractivity contribution in [3.63, 3.8) is 0 Å². The van der Waals surface area contributed by atoms with Gasteiger partial charge in [-0.1, -0.05) is 30.3 Å². The Morgan fingerprint density at radius 1 is 1.23 bits per heavy atom. The molecule has 0 spiro atoms. The van der Waals surface area contributed by atoms with Gasteiger partial charge in [-0.3, -0.25) is 9.98 Å². The van der Waals surface area contributed by atoms with E-state index in [9.17, 15) is 10.2 Å². The number of hydrogen-bond acceptors (Lipinski definition) is 6. The summed E-state index contributed by atoms with van der Waals surface area (Å²) in [5.74, 6) is 0.489. The van der Waals surface area contributed by atoms with E-state index in [2.05, 4.69) is 34.5 Å². The molecule has 1 atom stereocenters. The average molecular weight is 402 g/mol. The molecule has 0 amide bonds. The molecule has 30 heavy (non-hydrogen) atoms. The predicted octanol–water partition coefficient (Wildman–Crippen LogP) is 2.25. The summed E-state index contributed by atoms with van der Waals surface area (Å²) in [6.07, 6.45) is 5.59. The van der Waals surface area contributed by atoms with Crippen molar-refractivity contribution in [2.75, 3.05) is 5.32 Å². The zero-order chi connectivity index (χ0) is 20.7. The van der Waals surface area contributed by atoms with Crippen molar-refractivity contribution in [3.05, 3.63) is 70.5 Å². The molecule has 0 saturated heterocycles. The second-order valence-electron chi connectivity index (χ2n) is 7.57. The van der Waals surface area contributed by atoms with E-state index in [1.807, 2.05) is 24.3 Å². The van der Waals surface area contributed by atoms with Crippen LogP contribution in [0.1, 0.15) is 36.9 Å². The summed E-state index contributed by atoms with van der Waals surface area (Å²) in [6.45, 7) is 2.09. The van der Waals surface area contributed by atoms with Crippen LogP contribution in [0.3, 0.4) is 0 Å². The first-order valence-electron chi connectivity index (χ1n) is 9.93. The van der Waals surface area contributed by atoms with Crippen molar-refractivity contribution in [1.82, 2.24) is 19.6 Å². The van der Waals surface area contributed by atoms with Crippen molar-refractivity contribution in [2.24, 2.45) is 4.99 Å².